The van der Waals surface area contributed by atoms with Crippen molar-refractivity contribution < 1.29 is 49.0 Å². The van der Waals surface area contributed by atoms with Crippen molar-refractivity contribution in [2.24, 2.45) is 0 Å². The van der Waals surface area contributed by atoms with Crippen molar-refractivity contribution >= 4 is 3.21 Å². The molecule has 0 atom stereocenters. The van der Waals surface area contributed by atoms with Gasteiger partial charge in [0, 0.05) is 0 Å². The molecular weight excluding hydrogens is 534 g/mol. The Morgan fingerprint density at radius 2 is 1.41 bits per heavy atom. The average Bonchev–Trinajstić information content (AvgIpc) is 3.42. The Kier molecular flexibility index (Phi) is 14.2. The number of fused-ring (bicyclic) bond motifs is 3. The number of hydrogen-bond acceptors (Lipinski definition) is 0. The Hall–Kier alpha value is -0.877. The van der Waals surface area contributed by atoms with Crippen molar-refractivity contribution in [2.45, 2.75) is 85.5 Å². The molecule has 0 heterocycles. The molecule has 0 radical (unpaired) electrons. The van der Waals surface area contributed by atoms with Crippen molar-refractivity contribution in [1.29, 1.82) is 0 Å². The molecule has 1 aliphatic carbocycles. The van der Waals surface area contributed by atoms with E-state index in [1.807, 2.05) is 30.3 Å². The van der Waals surface area contributed by atoms with E-state index < -0.39 is 0 Å². The van der Waals surface area contributed by atoms with Gasteiger partial charge in [-0.05, 0) is 28.4 Å². The van der Waals surface area contributed by atoms with Crippen LogP contribution in [0, 0.1) is 6.07 Å². The van der Waals surface area contributed by atoms with E-state index in [0.29, 0.717) is 0 Å². The van der Waals surface area contributed by atoms with E-state index in [9.17, 15) is 0 Å². The smallest absolute Gasteiger partial charge is 0.172 e. The first-order valence-electron chi connectivity index (χ1n) is 11.9. The molecule has 0 spiro atoms. The minimum absolute atomic E-state index is 0. The molecule has 4 rings (SSSR count). The fourth-order valence-electron chi connectivity index (χ4n) is 3.60. The zero-order valence-electron chi connectivity index (χ0n) is 22.2. The van der Waals surface area contributed by atoms with Gasteiger partial charge >= 0.3 is 54.1 Å². The van der Waals surface area contributed by atoms with Crippen LogP contribution in [0.4, 0.5) is 0 Å². The quantitative estimate of drug-likeness (QED) is 0.323. The van der Waals surface area contributed by atoms with Crippen LogP contribution in [0.25, 0.3) is 11.1 Å². The molecule has 0 amide bonds. The van der Waals surface area contributed by atoms with Gasteiger partial charge in [0.15, 0.2) is 0 Å². The van der Waals surface area contributed by atoms with Crippen LogP contribution in [0.2, 0.25) is 0 Å². The van der Waals surface area contributed by atoms with E-state index in [2.05, 4.69) is 91.8 Å². The second-order valence-corrected chi connectivity index (χ2v) is 12.3. The molecule has 184 valence electrons. The van der Waals surface area contributed by atoms with Crippen LogP contribution >= 0.6 is 0 Å². The van der Waals surface area contributed by atoms with Gasteiger partial charge in [-0.3, -0.25) is 0 Å². The number of benzene rings is 2. The molecule has 3 aromatic carbocycles. The molecule has 0 fully saturated rings. The van der Waals surface area contributed by atoms with Gasteiger partial charge in [-0.25, -0.2) is 12.1 Å². The second-order valence-electron chi connectivity index (χ2n) is 10.6. The molecule has 3 heteroatoms. The molecule has 0 unspecified atom stereocenters. The van der Waals surface area contributed by atoms with E-state index in [1.54, 1.807) is 27.4 Å². The predicted molar refractivity (Wildman–Crippen MR) is 139 cm³/mol. The second kappa shape index (κ2) is 14.6. The Morgan fingerprint density at radius 3 is 1.82 bits per heavy atom. The monoisotopic (exact) mass is 572 g/mol. The van der Waals surface area contributed by atoms with Crippen molar-refractivity contribution in [2.75, 3.05) is 0 Å². The van der Waals surface area contributed by atoms with Crippen molar-refractivity contribution in [3.8, 4) is 11.1 Å². The van der Waals surface area contributed by atoms with Gasteiger partial charge in [-0.1, -0.05) is 65.3 Å². The van der Waals surface area contributed by atoms with E-state index in [-0.39, 0.29) is 35.6 Å². The average molecular weight is 575 g/mol. The summed E-state index contributed by atoms with van der Waals surface area (Å²) < 4.78 is 1.68. The summed E-state index contributed by atoms with van der Waals surface area (Å²) >= 11 is 1.62. The van der Waals surface area contributed by atoms with Crippen molar-refractivity contribution in [1.82, 2.24) is 0 Å². The van der Waals surface area contributed by atoms with Gasteiger partial charge in [0.1, 0.15) is 0 Å². The molecule has 1 aliphatic rings. The Labute approximate surface area is 236 Å². The van der Waals surface area contributed by atoms with Gasteiger partial charge in [0.2, 0.25) is 0 Å². The molecule has 0 aromatic heterocycles. The number of hydrogen-bond donors (Lipinski definition) is 0. The first-order chi connectivity index (χ1) is 15.0. The zero-order chi connectivity index (χ0) is 23.9. The molecule has 34 heavy (non-hydrogen) atoms. The van der Waals surface area contributed by atoms with Gasteiger partial charge in [0.05, 0.1) is 0 Å². The Bertz CT molecular complexity index is 918. The SMILES string of the molecule is CC(C)(C)c1[c-]c2c(cc1)-c1ccc(C(C)(C)C)cc1C2.CC[C](=[Zr+2])CC.[Cl-].[Cl-].c1cc[cH-]c1. The molecule has 3 aromatic rings. The van der Waals surface area contributed by atoms with Crippen LogP contribution in [0.15, 0.2) is 60.7 Å². The summed E-state index contributed by atoms with van der Waals surface area (Å²) in [6.45, 7) is 18.0. The molecule has 0 saturated heterocycles. The van der Waals surface area contributed by atoms with Crippen LogP contribution in [0.5, 0.6) is 0 Å². The molecule has 0 N–H and O–H groups in total. The summed E-state index contributed by atoms with van der Waals surface area (Å²) in [7, 11) is 0. The van der Waals surface area contributed by atoms with Crippen molar-refractivity contribution in [3.63, 3.8) is 0 Å². The van der Waals surface area contributed by atoms with Gasteiger partial charge in [-0.15, -0.1) is 11.1 Å². The Balaban J connectivity index is 0.000000700. The molecule has 0 bridgehead atoms. The van der Waals surface area contributed by atoms with Crippen LogP contribution < -0.4 is 24.8 Å². The minimum atomic E-state index is 0. The van der Waals surface area contributed by atoms with Crippen LogP contribution in [-0.2, 0) is 41.5 Å². The maximum absolute atomic E-state index is 3.67. The molecule has 0 aliphatic heterocycles. The number of halogens is 2. The van der Waals surface area contributed by atoms with Gasteiger partial charge < -0.3 is 24.8 Å². The predicted octanol–water partition coefficient (Wildman–Crippen LogP) is 2.59. The largest absolute Gasteiger partial charge is 1.00 e. The van der Waals surface area contributed by atoms with Crippen molar-refractivity contribution in [3.05, 3.63) is 89.0 Å². The normalized spacial score (nSPS) is 11.4. The van der Waals surface area contributed by atoms with Crippen LogP contribution in [0.1, 0.15) is 90.5 Å². The van der Waals surface area contributed by atoms with Crippen LogP contribution in [0.3, 0.4) is 0 Å². The zero-order valence-corrected chi connectivity index (χ0v) is 26.1. The van der Waals surface area contributed by atoms with Gasteiger partial charge in [-0.2, -0.15) is 42.0 Å². The standard InChI is InChI=1S/C21H25.C5H5.C5H10.2ClH.Zr/c1-20(2,3)16-7-9-18-14(12-16)11-15-13-17(21(4,5)6)8-10-19(15)18;1-2-4-5-3-1;1-3-5-4-2;;;/h7-10,12H,11H2,1-6H3;1-5H;3-4H2,1-2H3;2*1H;/q2*-1;;;;+2/p-2. The fraction of sp³-hybridized carbons (Fsp3) is 0.419. The van der Waals surface area contributed by atoms with E-state index in [1.165, 1.54) is 46.2 Å². The summed E-state index contributed by atoms with van der Waals surface area (Å²) in [5.41, 5.74) is 8.70. The third-order valence-corrected chi connectivity index (χ3v) is 7.61. The summed E-state index contributed by atoms with van der Waals surface area (Å²) in [5.74, 6) is 0. The Morgan fingerprint density at radius 1 is 0.853 bits per heavy atom. The topological polar surface area (TPSA) is 0 Å². The third kappa shape index (κ3) is 9.64. The summed E-state index contributed by atoms with van der Waals surface area (Å²) in [6.07, 6.45) is 3.60. The molecule has 0 saturated carbocycles. The minimum Gasteiger partial charge on any atom is -1.00 e. The van der Waals surface area contributed by atoms with Gasteiger partial charge in [0.25, 0.3) is 0 Å². The van der Waals surface area contributed by atoms with E-state index >= 15 is 0 Å². The number of rotatable bonds is 2. The third-order valence-electron chi connectivity index (χ3n) is 5.87. The van der Waals surface area contributed by atoms with E-state index in [4.69, 9.17) is 0 Å². The summed E-state index contributed by atoms with van der Waals surface area (Å²) in [4.78, 5) is 0. The molecular formula is C31H40Cl2Zr-2. The molecule has 0 nitrogen and oxygen atoms in total. The maximum Gasteiger partial charge on any atom is -0.172 e. The first-order valence-corrected chi connectivity index (χ1v) is 13.1. The van der Waals surface area contributed by atoms with E-state index in [0.717, 1.165) is 6.42 Å². The summed E-state index contributed by atoms with van der Waals surface area (Å²) in [6, 6.07) is 25.2. The fourth-order valence-corrected chi connectivity index (χ4v) is 3.60. The van der Waals surface area contributed by atoms with Crippen LogP contribution in [-0.4, -0.2) is 3.21 Å². The summed E-state index contributed by atoms with van der Waals surface area (Å²) in [5, 5.41) is 0. The first kappa shape index (κ1) is 33.1. The maximum atomic E-state index is 3.67.